The van der Waals surface area contributed by atoms with Crippen LogP contribution < -0.4 is 10.6 Å². The maximum Gasteiger partial charge on any atom is 0.191 e. The van der Waals surface area contributed by atoms with Crippen LogP contribution in [0.1, 0.15) is 44.4 Å². The van der Waals surface area contributed by atoms with Crippen molar-refractivity contribution in [3.05, 3.63) is 24.2 Å². The first-order valence-corrected chi connectivity index (χ1v) is 10.7. The van der Waals surface area contributed by atoms with Crippen LogP contribution >= 0.6 is 24.0 Å². The van der Waals surface area contributed by atoms with Gasteiger partial charge in [-0.15, -0.1) is 24.0 Å². The topological polar surface area (TPSA) is 65.3 Å². The standard InChI is InChI=1S/C21H37N5O2.HI/c1-4-22-20(24-17-21(25(2)3)9-14-27-15-10-21)23-16-18(19-8-7-13-28-19)26-11-5-6-12-26;/h7-8,13,18H,4-6,9-12,14-17H2,1-3H3,(H2,22,23,24);1H. The van der Waals surface area contributed by atoms with Gasteiger partial charge in [-0.2, -0.15) is 0 Å². The van der Waals surface area contributed by atoms with Crippen molar-refractivity contribution in [2.24, 2.45) is 4.99 Å². The van der Waals surface area contributed by atoms with Gasteiger partial charge in [-0.05, 0) is 71.9 Å². The fraction of sp³-hybridized carbons (Fsp3) is 0.762. The fourth-order valence-corrected chi connectivity index (χ4v) is 4.20. The molecule has 0 bridgehead atoms. The molecule has 0 aromatic carbocycles. The van der Waals surface area contributed by atoms with Crippen molar-refractivity contribution >= 4 is 29.9 Å². The third-order valence-electron chi connectivity index (χ3n) is 6.16. The number of guanidine groups is 1. The van der Waals surface area contributed by atoms with Crippen molar-refractivity contribution in [3.63, 3.8) is 0 Å². The van der Waals surface area contributed by atoms with Gasteiger partial charge in [0.1, 0.15) is 5.76 Å². The van der Waals surface area contributed by atoms with Crippen molar-refractivity contribution in [1.29, 1.82) is 0 Å². The van der Waals surface area contributed by atoms with Gasteiger partial charge in [0.05, 0.1) is 18.8 Å². The van der Waals surface area contributed by atoms with Gasteiger partial charge in [-0.1, -0.05) is 0 Å². The predicted octanol–water partition coefficient (Wildman–Crippen LogP) is 2.70. The van der Waals surface area contributed by atoms with E-state index in [0.717, 1.165) is 70.5 Å². The molecule has 29 heavy (non-hydrogen) atoms. The first-order valence-electron chi connectivity index (χ1n) is 10.7. The zero-order chi connectivity index (χ0) is 19.8. The summed E-state index contributed by atoms with van der Waals surface area (Å²) >= 11 is 0. The molecule has 2 fully saturated rings. The normalized spacial score (nSPS) is 21.0. The van der Waals surface area contributed by atoms with E-state index in [0.29, 0.717) is 0 Å². The maximum absolute atomic E-state index is 5.74. The number of nitrogens with zero attached hydrogens (tertiary/aromatic N) is 3. The van der Waals surface area contributed by atoms with Gasteiger partial charge in [0.15, 0.2) is 5.96 Å². The lowest BCUT2D eigenvalue weighted by atomic mass is 9.89. The van der Waals surface area contributed by atoms with Gasteiger partial charge < -0.3 is 24.7 Å². The molecule has 2 N–H and O–H groups in total. The number of hydrogen-bond acceptors (Lipinski definition) is 5. The van der Waals surface area contributed by atoms with Crippen LogP contribution in [-0.4, -0.2) is 81.3 Å². The molecule has 3 heterocycles. The SMILES string of the molecule is CCNC(=NCC1(N(C)C)CCOCC1)NCC(c1ccco1)N1CCCC1.I. The van der Waals surface area contributed by atoms with E-state index in [1.807, 2.05) is 6.07 Å². The zero-order valence-electron chi connectivity index (χ0n) is 18.2. The van der Waals surface area contributed by atoms with Crippen LogP contribution in [0.3, 0.4) is 0 Å². The van der Waals surface area contributed by atoms with E-state index in [2.05, 4.69) is 47.5 Å². The number of furan rings is 1. The van der Waals surface area contributed by atoms with E-state index in [4.69, 9.17) is 14.1 Å². The lowest BCUT2D eigenvalue weighted by molar-refractivity contribution is -0.00255. The summed E-state index contributed by atoms with van der Waals surface area (Å²) in [6.45, 7) is 8.40. The Hall–Kier alpha value is -0.840. The maximum atomic E-state index is 5.74. The monoisotopic (exact) mass is 519 g/mol. The zero-order valence-corrected chi connectivity index (χ0v) is 20.5. The summed E-state index contributed by atoms with van der Waals surface area (Å²) in [6.07, 6.45) is 6.33. The minimum Gasteiger partial charge on any atom is -0.468 e. The Labute approximate surface area is 192 Å². The average Bonchev–Trinajstić information content (AvgIpc) is 3.41. The number of rotatable bonds is 8. The molecule has 166 valence electrons. The van der Waals surface area contributed by atoms with E-state index >= 15 is 0 Å². The molecule has 8 heteroatoms. The van der Waals surface area contributed by atoms with Gasteiger partial charge in [0.25, 0.3) is 0 Å². The summed E-state index contributed by atoms with van der Waals surface area (Å²) in [5.74, 6) is 1.91. The molecule has 2 aliphatic rings. The van der Waals surface area contributed by atoms with Crippen molar-refractivity contribution < 1.29 is 9.15 Å². The van der Waals surface area contributed by atoms with E-state index in [1.54, 1.807) is 6.26 Å². The summed E-state index contributed by atoms with van der Waals surface area (Å²) in [5.41, 5.74) is 0.0793. The van der Waals surface area contributed by atoms with Crippen LogP contribution in [-0.2, 0) is 4.74 Å². The average molecular weight is 519 g/mol. The third-order valence-corrected chi connectivity index (χ3v) is 6.16. The summed E-state index contributed by atoms with van der Waals surface area (Å²) < 4.78 is 11.3. The number of aliphatic imine (C=N–C) groups is 1. The quantitative estimate of drug-likeness (QED) is 0.313. The summed E-state index contributed by atoms with van der Waals surface area (Å²) in [7, 11) is 4.31. The first-order chi connectivity index (χ1) is 13.6. The smallest absolute Gasteiger partial charge is 0.191 e. The second kappa shape index (κ2) is 12.1. The van der Waals surface area contributed by atoms with Crippen molar-refractivity contribution in [3.8, 4) is 0 Å². The molecular formula is C21H38IN5O2. The summed E-state index contributed by atoms with van der Waals surface area (Å²) in [5, 5.41) is 6.98. The fourth-order valence-electron chi connectivity index (χ4n) is 4.20. The molecule has 0 spiro atoms. The van der Waals surface area contributed by atoms with Gasteiger partial charge in [-0.3, -0.25) is 9.89 Å². The molecule has 2 aliphatic heterocycles. The van der Waals surface area contributed by atoms with E-state index in [9.17, 15) is 0 Å². The number of hydrogen-bond donors (Lipinski definition) is 2. The summed E-state index contributed by atoms with van der Waals surface area (Å²) in [6, 6.07) is 4.30. The van der Waals surface area contributed by atoms with Crippen molar-refractivity contribution in [2.45, 2.75) is 44.2 Å². The minimum absolute atomic E-state index is 0. The molecule has 1 unspecified atom stereocenters. The Kier molecular flexibility index (Phi) is 10.2. The van der Waals surface area contributed by atoms with Crippen LogP contribution in [0.4, 0.5) is 0 Å². The number of ether oxygens (including phenoxy) is 1. The third kappa shape index (κ3) is 6.57. The number of halogens is 1. The lowest BCUT2D eigenvalue weighted by Crippen LogP contribution is -2.52. The molecule has 7 nitrogen and oxygen atoms in total. The highest BCUT2D eigenvalue weighted by molar-refractivity contribution is 14.0. The molecule has 0 aliphatic carbocycles. The molecule has 3 rings (SSSR count). The number of nitrogens with one attached hydrogen (secondary N) is 2. The Balaban J connectivity index is 0.00000300. The Bertz CT molecular complexity index is 596. The largest absolute Gasteiger partial charge is 0.468 e. The van der Waals surface area contributed by atoms with Crippen molar-refractivity contribution in [1.82, 2.24) is 20.4 Å². The van der Waals surface area contributed by atoms with E-state index in [-0.39, 0.29) is 35.6 Å². The molecule has 1 atom stereocenters. The highest BCUT2D eigenvalue weighted by Crippen LogP contribution is 2.27. The van der Waals surface area contributed by atoms with Gasteiger partial charge in [-0.25, -0.2) is 0 Å². The molecule has 0 radical (unpaired) electrons. The minimum atomic E-state index is 0. The van der Waals surface area contributed by atoms with E-state index in [1.165, 1.54) is 12.8 Å². The molecular weight excluding hydrogens is 481 g/mol. The Morgan fingerprint density at radius 1 is 1.24 bits per heavy atom. The van der Waals surface area contributed by atoms with Gasteiger partial charge >= 0.3 is 0 Å². The van der Waals surface area contributed by atoms with Crippen LogP contribution in [0.2, 0.25) is 0 Å². The van der Waals surface area contributed by atoms with Crippen LogP contribution in [0, 0.1) is 0 Å². The first kappa shape index (κ1) is 24.4. The summed E-state index contributed by atoms with van der Waals surface area (Å²) in [4.78, 5) is 9.79. The number of likely N-dealkylation sites (N-methyl/N-ethyl adjacent to an activating group) is 1. The molecule has 2 saturated heterocycles. The molecule has 0 amide bonds. The van der Waals surface area contributed by atoms with Crippen molar-refractivity contribution in [2.75, 3.05) is 60.0 Å². The highest BCUT2D eigenvalue weighted by atomic mass is 127. The molecule has 0 saturated carbocycles. The Morgan fingerprint density at radius 2 is 1.97 bits per heavy atom. The number of likely N-dealkylation sites (tertiary alicyclic amines) is 1. The molecule has 1 aromatic rings. The van der Waals surface area contributed by atoms with Crippen LogP contribution in [0.15, 0.2) is 27.8 Å². The predicted molar refractivity (Wildman–Crippen MR) is 128 cm³/mol. The van der Waals surface area contributed by atoms with Gasteiger partial charge in [0.2, 0.25) is 0 Å². The van der Waals surface area contributed by atoms with Crippen LogP contribution in [0.25, 0.3) is 0 Å². The highest BCUT2D eigenvalue weighted by Gasteiger charge is 2.34. The second-order valence-corrected chi connectivity index (χ2v) is 8.08. The molecule has 1 aromatic heterocycles. The van der Waals surface area contributed by atoms with Gasteiger partial charge in [0, 0.05) is 31.8 Å². The second-order valence-electron chi connectivity index (χ2n) is 8.08. The van der Waals surface area contributed by atoms with E-state index < -0.39 is 0 Å². The Morgan fingerprint density at radius 3 is 2.55 bits per heavy atom. The lowest BCUT2D eigenvalue weighted by Gasteiger charge is -2.41. The van der Waals surface area contributed by atoms with Crippen LogP contribution in [0.5, 0.6) is 0 Å².